The lowest BCUT2D eigenvalue weighted by molar-refractivity contribution is 0.745. The molecule has 1 unspecified atom stereocenters. The minimum Gasteiger partial charge on any atom is -0.375 e. The van der Waals surface area contributed by atoms with Crippen LogP contribution in [-0.4, -0.2) is 9.97 Å². The Hall–Kier alpha value is -1.13. The molecule has 0 saturated heterocycles. The summed E-state index contributed by atoms with van der Waals surface area (Å²) in [4.78, 5) is 8.57. The summed E-state index contributed by atoms with van der Waals surface area (Å²) in [6, 6.07) is 6.33. The highest BCUT2D eigenvalue weighted by molar-refractivity contribution is 9.10. The van der Waals surface area contributed by atoms with Gasteiger partial charge in [0.15, 0.2) is 0 Å². The number of hydrogen-bond donors (Lipinski definition) is 1. The predicted octanol–water partition coefficient (Wildman–Crippen LogP) is 3.99. The molecule has 5 heteroatoms. The van der Waals surface area contributed by atoms with Crippen molar-refractivity contribution in [2.24, 2.45) is 0 Å². The van der Waals surface area contributed by atoms with Crippen molar-refractivity contribution in [1.82, 2.24) is 9.97 Å². The van der Waals surface area contributed by atoms with Crippen LogP contribution in [0.1, 0.15) is 23.7 Å². The number of nitrogens with one attached hydrogen (secondary N) is 1. The first kappa shape index (κ1) is 11.9. The number of rotatable bonds is 2. The molecule has 1 N–H and O–H groups in total. The molecule has 0 radical (unpaired) electrons. The molecule has 1 atom stereocenters. The van der Waals surface area contributed by atoms with E-state index < -0.39 is 0 Å². The SMILES string of the molecule is Clc1ncc(NC2CCc3cccnc32)cc1Br. The average Bonchev–Trinajstić information content (AvgIpc) is 2.78. The minimum atomic E-state index is 0.260. The fraction of sp³-hybridized carbons (Fsp3) is 0.231. The maximum Gasteiger partial charge on any atom is 0.143 e. The number of aryl methyl sites for hydroxylation is 1. The quantitative estimate of drug-likeness (QED) is 0.849. The Morgan fingerprint density at radius 1 is 1.39 bits per heavy atom. The molecule has 3 nitrogen and oxygen atoms in total. The highest BCUT2D eigenvalue weighted by atomic mass is 79.9. The van der Waals surface area contributed by atoms with Gasteiger partial charge in [-0.1, -0.05) is 17.7 Å². The fourth-order valence-corrected chi connectivity index (χ4v) is 2.71. The first-order chi connectivity index (χ1) is 8.74. The Labute approximate surface area is 119 Å². The molecule has 3 rings (SSSR count). The summed E-state index contributed by atoms with van der Waals surface area (Å²) in [6.07, 6.45) is 5.72. The van der Waals surface area contributed by atoms with Crippen LogP contribution in [0.2, 0.25) is 5.15 Å². The third kappa shape index (κ3) is 2.22. The number of pyridine rings is 2. The van der Waals surface area contributed by atoms with Crippen LogP contribution in [0.15, 0.2) is 35.1 Å². The molecule has 2 heterocycles. The van der Waals surface area contributed by atoms with Crippen LogP contribution in [0, 0.1) is 0 Å². The Morgan fingerprint density at radius 3 is 3.11 bits per heavy atom. The third-order valence-electron chi connectivity index (χ3n) is 3.10. The van der Waals surface area contributed by atoms with E-state index in [2.05, 4.69) is 37.3 Å². The average molecular weight is 325 g/mol. The van der Waals surface area contributed by atoms with E-state index in [4.69, 9.17) is 11.6 Å². The van der Waals surface area contributed by atoms with Crippen molar-refractivity contribution in [3.8, 4) is 0 Å². The van der Waals surface area contributed by atoms with E-state index in [9.17, 15) is 0 Å². The van der Waals surface area contributed by atoms with E-state index >= 15 is 0 Å². The van der Waals surface area contributed by atoms with Gasteiger partial charge in [-0.15, -0.1) is 0 Å². The summed E-state index contributed by atoms with van der Waals surface area (Å²) in [5, 5.41) is 3.93. The standard InChI is InChI=1S/C13H11BrClN3/c14-10-6-9(7-17-13(10)15)18-11-4-3-8-2-1-5-16-12(8)11/h1-2,5-7,11,18H,3-4H2. The van der Waals surface area contributed by atoms with Crippen LogP contribution < -0.4 is 5.32 Å². The Bertz CT molecular complexity index is 588. The van der Waals surface area contributed by atoms with Gasteiger partial charge in [0.1, 0.15) is 5.15 Å². The molecular formula is C13H11BrClN3. The predicted molar refractivity (Wildman–Crippen MR) is 75.9 cm³/mol. The van der Waals surface area contributed by atoms with Crippen LogP contribution in [0.25, 0.3) is 0 Å². The lowest BCUT2D eigenvalue weighted by Crippen LogP contribution is -2.08. The highest BCUT2D eigenvalue weighted by Crippen LogP contribution is 2.33. The van der Waals surface area contributed by atoms with Crippen LogP contribution in [0.4, 0.5) is 5.69 Å². The Kier molecular flexibility index (Phi) is 3.22. The van der Waals surface area contributed by atoms with E-state index in [1.54, 1.807) is 6.20 Å². The molecule has 2 aromatic rings. The molecule has 0 aliphatic heterocycles. The van der Waals surface area contributed by atoms with Crippen molar-refractivity contribution in [2.75, 3.05) is 5.32 Å². The van der Waals surface area contributed by atoms with Crippen LogP contribution in [-0.2, 0) is 6.42 Å². The van der Waals surface area contributed by atoms with Gasteiger partial charge >= 0.3 is 0 Å². The Balaban J connectivity index is 1.84. The van der Waals surface area contributed by atoms with Crippen molar-refractivity contribution in [2.45, 2.75) is 18.9 Å². The molecule has 0 bridgehead atoms. The zero-order valence-corrected chi connectivity index (χ0v) is 11.9. The van der Waals surface area contributed by atoms with Crippen molar-refractivity contribution < 1.29 is 0 Å². The van der Waals surface area contributed by atoms with E-state index in [1.165, 1.54) is 5.56 Å². The van der Waals surface area contributed by atoms with Crippen molar-refractivity contribution >= 4 is 33.2 Å². The molecule has 0 fully saturated rings. The van der Waals surface area contributed by atoms with Gasteiger partial charge in [-0.3, -0.25) is 4.98 Å². The molecule has 0 amide bonds. The van der Waals surface area contributed by atoms with Gasteiger partial charge in [-0.05, 0) is 46.5 Å². The lowest BCUT2D eigenvalue weighted by Gasteiger charge is -2.14. The lowest BCUT2D eigenvalue weighted by atomic mass is 10.2. The maximum atomic E-state index is 5.88. The van der Waals surface area contributed by atoms with Crippen molar-refractivity contribution in [1.29, 1.82) is 0 Å². The zero-order chi connectivity index (χ0) is 12.5. The summed E-state index contributed by atoms with van der Waals surface area (Å²) in [7, 11) is 0. The first-order valence-corrected chi connectivity index (χ1v) is 6.92. The molecule has 2 aromatic heterocycles. The largest absolute Gasteiger partial charge is 0.375 e. The summed E-state index contributed by atoms with van der Waals surface area (Å²) < 4.78 is 0.799. The van der Waals surface area contributed by atoms with Gasteiger partial charge in [0.05, 0.1) is 28.1 Å². The summed E-state index contributed by atoms with van der Waals surface area (Å²) in [5.74, 6) is 0. The van der Waals surface area contributed by atoms with Gasteiger partial charge in [-0.25, -0.2) is 4.98 Å². The summed E-state index contributed by atoms with van der Waals surface area (Å²) in [5.41, 5.74) is 3.43. The van der Waals surface area contributed by atoms with Crippen molar-refractivity contribution in [3.63, 3.8) is 0 Å². The van der Waals surface area contributed by atoms with Gasteiger partial charge in [0.25, 0.3) is 0 Å². The van der Waals surface area contributed by atoms with Gasteiger partial charge in [0, 0.05) is 6.20 Å². The number of fused-ring (bicyclic) bond motifs is 1. The topological polar surface area (TPSA) is 37.8 Å². The first-order valence-electron chi connectivity index (χ1n) is 5.75. The second-order valence-electron chi connectivity index (χ2n) is 4.28. The normalized spacial score (nSPS) is 17.6. The smallest absolute Gasteiger partial charge is 0.143 e. The molecule has 18 heavy (non-hydrogen) atoms. The third-order valence-corrected chi connectivity index (χ3v) is 4.23. The minimum absolute atomic E-state index is 0.260. The second-order valence-corrected chi connectivity index (χ2v) is 5.49. The fourth-order valence-electron chi connectivity index (χ4n) is 2.25. The highest BCUT2D eigenvalue weighted by Gasteiger charge is 2.23. The van der Waals surface area contributed by atoms with Crippen LogP contribution in [0.3, 0.4) is 0 Å². The van der Waals surface area contributed by atoms with Crippen LogP contribution >= 0.6 is 27.5 Å². The van der Waals surface area contributed by atoms with Crippen LogP contribution in [0.5, 0.6) is 0 Å². The Morgan fingerprint density at radius 2 is 2.28 bits per heavy atom. The molecule has 1 aliphatic carbocycles. The van der Waals surface area contributed by atoms with Gasteiger partial charge < -0.3 is 5.32 Å². The zero-order valence-electron chi connectivity index (χ0n) is 9.53. The van der Waals surface area contributed by atoms with Crippen molar-refractivity contribution in [3.05, 3.63) is 51.5 Å². The molecule has 0 saturated carbocycles. The summed E-state index contributed by atoms with van der Waals surface area (Å²) in [6.45, 7) is 0. The molecule has 0 aromatic carbocycles. The molecular weight excluding hydrogens is 314 g/mol. The molecule has 92 valence electrons. The van der Waals surface area contributed by atoms with Gasteiger partial charge in [0.2, 0.25) is 0 Å². The second kappa shape index (κ2) is 4.86. The number of halogens is 2. The maximum absolute atomic E-state index is 5.88. The molecule has 1 aliphatic rings. The number of aromatic nitrogens is 2. The number of anilines is 1. The van der Waals surface area contributed by atoms with E-state index in [0.717, 1.165) is 28.7 Å². The summed E-state index contributed by atoms with van der Waals surface area (Å²) >= 11 is 9.26. The van der Waals surface area contributed by atoms with E-state index in [-0.39, 0.29) is 6.04 Å². The molecule has 0 spiro atoms. The van der Waals surface area contributed by atoms with E-state index in [0.29, 0.717) is 5.15 Å². The number of hydrogen-bond acceptors (Lipinski definition) is 3. The number of nitrogens with zero attached hydrogens (tertiary/aromatic N) is 2. The van der Waals surface area contributed by atoms with E-state index in [1.807, 2.05) is 18.3 Å². The monoisotopic (exact) mass is 323 g/mol. The van der Waals surface area contributed by atoms with Gasteiger partial charge in [-0.2, -0.15) is 0 Å².